The first-order valence-electron chi connectivity index (χ1n) is 9.27. The van der Waals surface area contributed by atoms with E-state index in [2.05, 4.69) is 12.2 Å². The van der Waals surface area contributed by atoms with Crippen LogP contribution in [0.25, 0.3) is 0 Å². The van der Waals surface area contributed by atoms with Gasteiger partial charge in [0.15, 0.2) is 5.78 Å². The van der Waals surface area contributed by atoms with Crippen molar-refractivity contribution >= 4 is 23.4 Å². The summed E-state index contributed by atoms with van der Waals surface area (Å²) in [5, 5.41) is 13.4. The van der Waals surface area contributed by atoms with Crippen LogP contribution in [-0.2, 0) is 16.8 Å². The number of aryl methyl sites for hydroxylation is 1. The zero-order valence-electron chi connectivity index (χ0n) is 16.2. The van der Waals surface area contributed by atoms with E-state index in [1.807, 2.05) is 12.1 Å². The molecule has 150 valence electrons. The largest absolute Gasteiger partial charge is 0.325 e. The van der Waals surface area contributed by atoms with Crippen LogP contribution in [0.2, 0.25) is 0 Å². The van der Waals surface area contributed by atoms with Gasteiger partial charge < -0.3 is 5.32 Å². The second-order valence-electron chi connectivity index (χ2n) is 7.12. The lowest BCUT2D eigenvalue weighted by Crippen LogP contribution is -2.41. The maximum Gasteiger partial charge on any atom is 0.325 e. The van der Waals surface area contributed by atoms with E-state index in [9.17, 15) is 24.5 Å². The van der Waals surface area contributed by atoms with Gasteiger partial charge in [0, 0.05) is 17.7 Å². The quantitative estimate of drug-likeness (QED) is 0.335. The van der Waals surface area contributed by atoms with E-state index >= 15 is 0 Å². The Bertz CT molecular complexity index is 969. The third-order valence-electron chi connectivity index (χ3n) is 5.05. The number of hydrogen-bond donors (Lipinski definition) is 1. The van der Waals surface area contributed by atoms with Crippen molar-refractivity contribution in [2.24, 2.45) is 0 Å². The zero-order valence-corrected chi connectivity index (χ0v) is 16.2. The average Bonchev–Trinajstić information content (AvgIpc) is 2.93. The van der Waals surface area contributed by atoms with Gasteiger partial charge in [0.2, 0.25) is 0 Å². The number of nitrogens with one attached hydrogen (secondary N) is 1. The van der Waals surface area contributed by atoms with Crippen molar-refractivity contribution in [2.75, 3.05) is 6.54 Å². The van der Waals surface area contributed by atoms with Gasteiger partial charge in [-0.3, -0.25) is 24.6 Å². The van der Waals surface area contributed by atoms with E-state index in [0.29, 0.717) is 11.1 Å². The molecule has 2 aromatic rings. The van der Waals surface area contributed by atoms with Crippen molar-refractivity contribution in [3.63, 3.8) is 0 Å². The Morgan fingerprint density at radius 2 is 1.72 bits per heavy atom. The van der Waals surface area contributed by atoms with Crippen LogP contribution in [0.3, 0.4) is 0 Å². The number of carbonyl (C=O) groups is 3. The molecular formula is C21H21N3O5. The van der Waals surface area contributed by atoms with Gasteiger partial charge in [-0.15, -0.1) is 0 Å². The first kappa shape index (κ1) is 20.2. The molecule has 1 fully saturated rings. The standard InChI is InChI=1S/C21H21N3O5/c1-3-4-14-5-7-15(8-6-14)18(25)13-23-19(26)21(2,22-20(23)27)16-9-11-17(12-10-16)24(28)29/h5-12H,3-4,13H2,1-2H3,(H,22,27). The smallest absolute Gasteiger partial charge is 0.319 e. The summed E-state index contributed by atoms with van der Waals surface area (Å²) in [6.45, 7) is 3.21. The summed E-state index contributed by atoms with van der Waals surface area (Å²) in [7, 11) is 0. The van der Waals surface area contributed by atoms with Crippen LogP contribution in [0.4, 0.5) is 10.5 Å². The molecule has 1 aliphatic heterocycles. The van der Waals surface area contributed by atoms with E-state index in [4.69, 9.17) is 0 Å². The molecule has 0 aromatic heterocycles. The van der Waals surface area contributed by atoms with E-state index < -0.39 is 22.4 Å². The molecule has 3 amide bonds. The summed E-state index contributed by atoms with van der Waals surface area (Å²) < 4.78 is 0. The van der Waals surface area contributed by atoms with Crippen molar-refractivity contribution in [3.05, 3.63) is 75.3 Å². The molecule has 1 heterocycles. The van der Waals surface area contributed by atoms with Gasteiger partial charge in [-0.2, -0.15) is 0 Å². The van der Waals surface area contributed by atoms with Crippen LogP contribution in [0.1, 0.15) is 41.8 Å². The van der Waals surface area contributed by atoms with E-state index in [1.165, 1.54) is 31.2 Å². The van der Waals surface area contributed by atoms with Crippen LogP contribution >= 0.6 is 0 Å². The van der Waals surface area contributed by atoms with E-state index in [0.717, 1.165) is 23.3 Å². The van der Waals surface area contributed by atoms with Crippen LogP contribution < -0.4 is 5.32 Å². The Morgan fingerprint density at radius 1 is 1.10 bits per heavy atom. The van der Waals surface area contributed by atoms with Crippen molar-refractivity contribution < 1.29 is 19.3 Å². The second-order valence-corrected chi connectivity index (χ2v) is 7.12. The van der Waals surface area contributed by atoms with Gasteiger partial charge in [0.05, 0.1) is 11.5 Å². The SMILES string of the molecule is CCCc1ccc(C(=O)CN2C(=O)NC(C)(c3ccc([N+](=O)[O-])cc3)C2=O)cc1. The highest BCUT2D eigenvalue weighted by molar-refractivity contribution is 6.11. The molecular weight excluding hydrogens is 374 g/mol. The predicted octanol–water partition coefficient (Wildman–Crippen LogP) is 3.20. The second kappa shape index (κ2) is 7.83. The number of nitrogens with zero attached hydrogens (tertiary/aromatic N) is 2. The first-order chi connectivity index (χ1) is 13.8. The van der Waals surface area contributed by atoms with E-state index in [-0.39, 0.29) is 18.0 Å². The lowest BCUT2D eigenvalue weighted by atomic mass is 9.92. The normalized spacial score (nSPS) is 18.6. The number of hydrogen-bond acceptors (Lipinski definition) is 5. The van der Waals surface area contributed by atoms with Gasteiger partial charge in [0.1, 0.15) is 5.54 Å². The highest BCUT2D eigenvalue weighted by Crippen LogP contribution is 2.30. The van der Waals surface area contributed by atoms with Gasteiger partial charge >= 0.3 is 6.03 Å². The van der Waals surface area contributed by atoms with Gasteiger partial charge in [-0.1, -0.05) is 37.6 Å². The van der Waals surface area contributed by atoms with Gasteiger partial charge in [-0.05, 0) is 36.6 Å². The minimum atomic E-state index is -1.39. The van der Waals surface area contributed by atoms with Crippen LogP contribution in [0.5, 0.6) is 0 Å². The number of rotatable bonds is 7. The third kappa shape index (κ3) is 3.87. The molecule has 3 rings (SSSR count). The zero-order chi connectivity index (χ0) is 21.2. The lowest BCUT2D eigenvalue weighted by molar-refractivity contribution is -0.384. The number of imide groups is 1. The molecule has 8 heteroatoms. The first-order valence-corrected chi connectivity index (χ1v) is 9.27. The van der Waals surface area contributed by atoms with Crippen molar-refractivity contribution in [1.82, 2.24) is 10.2 Å². The molecule has 29 heavy (non-hydrogen) atoms. The summed E-state index contributed by atoms with van der Waals surface area (Å²) >= 11 is 0. The summed E-state index contributed by atoms with van der Waals surface area (Å²) in [5.74, 6) is -0.920. The molecule has 0 saturated carbocycles. The Labute approximate surface area is 167 Å². The number of benzene rings is 2. The number of urea groups is 1. The maximum absolute atomic E-state index is 12.9. The minimum Gasteiger partial charge on any atom is -0.319 e. The number of Topliss-reactive ketones (excluding diaryl/α,β-unsaturated/α-hetero) is 1. The fourth-order valence-corrected chi connectivity index (χ4v) is 3.33. The Kier molecular flexibility index (Phi) is 5.45. The average molecular weight is 395 g/mol. The minimum absolute atomic E-state index is 0.118. The lowest BCUT2D eigenvalue weighted by Gasteiger charge is -2.22. The number of ketones is 1. The molecule has 0 spiro atoms. The number of nitro benzene ring substituents is 1. The summed E-state index contributed by atoms with van der Waals surface area (Å²) in [6.07, 6.45) is 1.91. The highest BCUT2D eigenvalue weighted by Gasteiger charge is 2.49. The molecule has 1 unspecified atom stereocenters. The summed E-state index contributed by atoms with van der Waals surface area (Å²) in [5.41, 5.74) is 0.435. The van der Waals surface area contributed by atoms with Crippen LogP contribution in [0, 0.1) is 10.1 Å². The predicted molar refractivity (Wildman–Crippen MR) is 105 cm³/mol. The van der Waals surface area contributed by atoms with Crippen molar-refractivity contribution in [1.29, 1.82) is 0 Å². The molecule has 0 aliphatic carbocycles. The van der Waals surface area contributed by atoms with Crippen molar-refractivity contribution in [2.45, 2.75) is 32.2 Å². The number of amides is 3. The molecule has 0 bridgehead atoms. The summed E-state index contributed by atoms with van der Waals surface area (Å²) in [6, 6.07) is 11.8. The molecule has 0 radical (unpaired) electrons. The summed E-state index contributed by atoms with van der Waals surface area (Å²) in [4.78, 5) is 49.0. The molecule has 1 saturated heterocycles. The Balaban J connectivity index is 1.77. The topological polar surface area (TPSA) is 110 Å². The fourth-order valence-electron chi connectivity index (χ4n) is 3.33. The van der Waals surface area contributed by atoms with E-state index in [1.54, 1.807) is 12.1 Å². The van der Waals surface area contributed by atoms with Gasteiger partial charge in [0.25, 0.3) is 11.6 Å². The Hall–Kier alpha value is -3.55. The molecule has 1 atom stereocenters. The maximum atomic E-state index is 12.9. The number of non-ortho nitro benzene ring substituents is 1. The third-order valence-corrected chi connectivity index (χ3v) is 5.05. The monoisotopic (exact) mass is 395 g/mol. The van der Waals surface area contributed by atoms with Crippen LogP contribution in [0.15, 0.2) is 48.5 Å². The fraction of sp³-hybridized carbons (Fsp3) is 0.286. The highest BCUT2D eigenvalue weighted by atomic mass is 16.6. The number of carbonyl (C=O) groups excluding carboxylic acids is 3. The number of nitro groups is 1. The molecule has 1 aliphatic rings. The molecule has 1 N–H and O–H groups in total. The van der Waals surface area contributed by atoms with Crippen LogP contribution in [-0.4, -0.2) is 34.1 Å². The van der Waals surface area contributed by atoms with Gasteiger partial charge in [-0.25, -0.2) is 4.79 Å². The Morgan fingerprint density at radius 3 is 2.28 bits per heavy atom. The molecule has 8 nitrogen and oxygen atoms in total. The van der Waals surface area contributed by atoms with Crippen molar-refractivity contribution in [3.8, 4) is 0 Å². The molecule has 2 aromatic carbocycles.